The second kappa shape index (κ2) is 24.4. The smallest absolute Gasteiger partial charge is 0.338 e. The molecule has 2 aliphatic carbocycles. The van der Waals surface area contributed by atoms with Crippen molar-refractivity contribution in [2.75, 3.05) is 35.9 Å². The highest BCUT2D eigenvalue weighted by atomic mass is 16.5. The van der Waals surface area contributed by atoms with Gasteiger partial charge in [-0.2, -0.15) is 0 Å². The van der Waals surface area contributed by atoms with E-state index < -0.39 is 0 Å². The molecule has 3 aromatic heterocycles. The number of pyridine rings is 2. The number of aromatic nitrogens is 4. The SMILES string of the molecule is CCOC(=O)c1ccc(N(Cc2cncnc2)c2ccc(OC)c(OC3CCCC3)c2)cc1.COc1ccc(N(Cc2cccnc2)c2ccc(NCc3ccccc3)nc2)cc1OC1CCCC1. The van der Waals surface area contributed by atoms with Gasteiger partial charge in [0.2, 0.25) is 0 Å². The van der Waals surface area contributed by atoms with Crippen LogP contribution in [-0.2, 0) is 24.4 Å². The first-order valence-corrected chi connectivity index (χ1v) is 23.8. The normalized spacial score (nSPS) is 13.4. The number of anilines is 5. The lowest BCUT2D eigenvalue weighted by atomic mass is 10.1. The molecule has 13 heteroatoms. The van der Waals surface area contributed by atoms with Gasteiger partial charge in [-0.3, -0.25) is 4.98 Å². The molecule has 9 rings (SSSR count). The lowest BCUT2D eigenvalue weighted by Gasteiger charge is -2.26. The van der Waals surface area contributed by atoms with Gasteiger partial charge in [-0.25, -0.2) is 19.7 Å². The molecule has 1 N–H and O–H groups in total. The van der Waals surface area contributed by atoms with Crippen molar-refractivity contribution >= 4 is 34.5 Å². The number of ether oxygens (including phenoxy) is 5. The van der Waals surface area contributed by atoms with Crippen molar-refractivity contribution in [3.05, 3.63) is 175 Å². The van der Waals surface area contributed by atoms with Crippen molar-refractivity contribution in [2.24, 2.45) is 0 Å². The van der Waals surface area contributed by atoms with E-state index in [4.69, 9.17) is 28.7 Å². The molecule has 7 aromatic rings. The van der Waals surface area contributed by atoms with E-state index in [0.717, 1.165) is 89.2 Å². The zero-order valence-corrected chi connectivity index (χ0v) is 39.7. The third-order valence-corrected chi connectivity index (χ3v) is 12.2. The highest BCUT2D eigenvalue weighted by molar-refractivity contribution is 5.90. The van der Waals surface area contributed by atoms with Crippen LogP contribution in [0.5, 0.6) is 23.0 Å². The first-order chi connectivity index (χ1) is 34.0. The zero-order chi connectivity index (χ0) is 47.6. The first kappa shape index (κ1) is 47.8. The third-order valence-electron chi connectivity index (χ3n) is 12.2. The van der Waals surface area contributed by atoms with E-state index in [2.05, 4.69) is 66.5 Å². The van der Waals surface area contributed by atoms with Crippen LogP contribution in [0.15, 0.2) is 153 Å². The summed E-state index contributed by atoms with van der Waals surface area (Å²) in [6.07, 6.45) is 20.3. The van der Waals surface area contributed by atoms with Gasteiger partial charge in [0.1, 0.15) is 12.1 Å². The molecular weight excluding hydrogens is 867 g/mol. The van der Waals surface area contributed by atoms with E-state index in [-0.39, 0.29) is 18.2 Å². The van der Waals surface area contributed by atoms with Crippen LogP contribution in [0.3, 0.4) is 0 Å². The number of hydrogen-bond donors (Lipinski definition) is 1. The maximum absolute atomic E-state index is 12.1. The third kappa shape index (κ3) is 13.3. The molecule has 2 aliphatic rings. The molecule has 2 fully saturated rings. The summed E-state index contributed by atoms with van der Waals surface area (Å²) in [5.74, 6) is 3.50. The van der Waals surface area contributed by atoms with Gasteiger partial charge in [-0.15, -0.1) is 0 Å². The summed E-state index contributed by atoms with van der Waals surface area (Å²) in [5, 5.41) is 3.40. The highest BCUT2D eigenvalue weighted by Gasteiger charge is 2.23. The Kier molecular flexibility index (Phi) is 16.9. The minimum absolute atomic E-state index is 0.217. The van der Waals surface area contributed by atoms with Crippen molar-refractivity contribution in [2.45, 2.75) is 90.1 Å². The predicted molar refractivity (Wildman–Crippen MR) is 270 cm³/mol. The number of esters is 1. The lowest BCUT2D eigenvalue weighted by Crippen LogP contribution is -2.18. The summed E-state index contributed by atoms with van der Waals surface area (Å²) in [6.45, 7) is 4.07. The average Bonchev–Trinajstić information content (AvgIpc) is 4.13. The van der Waals surface area contributed by atoms with Crippen molar-refractivity contribution in [3.63, 3.8) is 0 Å². The summed E-state index contributed by atoms with van der Waals surface area (Å²) < 4.78 is 29.0. The van der Waals surface area contributed by atoms with Gasteiger partial charge in [-0.1, -0.05) is 36.4 Å². The maximum atomic E-state index is 12.1. The monoisotopic (exact) mass is 927 g/mol. The van der Waals surface area contributed by atoms with Crippen LogP contribution in [-0.4, -0.2) is 58.9 Å². The molecule has 4 aromatic carbocycles. The minimum atomic E-state index is -0.330. The van der Waals surface area contributed by atoms with Crippen LogP contribution in [0.4, 0.5) is 28.6 Å². The Morgan fingerprint density at radius 3 is 1.68 bits per heavy atom. The summed E-state index contributed by atoms with van der Waals surface area (Å²) in [6, 6.07) is 38.0. The van der Waals surface area contributed by atoms with Crippen LogP contribution in [0.2, 0.25) is 0 Å². The molecule has 0 atom stereocenters. The van der Waals surface area contributed by atoms with Crippen molar-refractivity contribution < 1.29 is 28.5 Å². The highest BCUT2D eigenvalue weighted by Crippen LogP contribution is 2.40. The van der Waals surface area contributed by atoms with E-state index in [1.807, 2.05) is 79.1 Å². The summed E-state index contributed by atoms with van der Waals surface area (Å²) >= 11 is 0. The maximum Gasteiger partial charge on any atom is 0.338 e. The Morgan fingerprint density at radius 2 is 1.13 bits per heavy atom. The van der Waals surface area contributed by atoms with Crippen LogP contribution in [0, 0.1) is 0 Å². The molecule has 2 saturated carbocycles. The molecule has 3 heterocycles. The van der Waals surface area contributed by atoms with Gasteiger partial charge in [0, 0.05) is 72.6 Å². The molecule has 0 aliphatic heterocycles. The van der Waals surface area contributed by atoms with Gasteiger partial charge in [0.05, 0.1) is 57.0 Å². The summed E-state index contributed by atoms with van der Waals surface area (Å²) in [4.78, 5) is 33.8. The van der Waals surface area contributed by atoms with E-state index in [1.54, 1.807) is 51.9 Å². The fourth-order valence-corrected chi connectivity index (χ4v) is 8.58. The lowest BCUT2D eigenvalue weighted by molar-refractivity contribution is 0.0526. The Hall–Kier alpha value is -7.67. The Labute approximate surface area is 405 Å². The van der Waals surface area contributed by atoms with E-state index in [9.17, 15) is 4.79 Å². The largest absolute Gasteiger partial charge is 0.493 e. The number of carbonyl (C=O) groups excluding carboxylic acids is 1. The Morgan fingerprint density at radius 1 is 0.580 bits per heavy atom. The standard InChI is InChI=1S/C30H32N4O2.C26H29N3O4/c1-35-28-15-13-25(18-29(28)36-27-11-5-6-12-27)34(22-24-10-7-17-31-19-24)26-14-16-30(33-21-26)32-20-23-8-3-2-4-9-23;1-3-32-26(30)20-8-10-21(11-9-20)29(17-19-15-27-18-28-16-19)22-12-13-24(31-2)25(14-22)33-23-6-4-5-7-23/h2-4,7-10,13-19,21,27H,5-6,11-12,20,22H2,1H3,(H,32,33);8-16,18,23H,3-7,17H2,1-2H3. The van der Waals surface area contributed by atoms with Gasteiger partial charge in [0.25, 0.3) is 0 Å². The molecule has 0 unspecified atom stereocenters. The Bertz CT molecular complexity index is 2650. The number of nitrogens with zero attached hydrogens (tertiary/aromatic N) is 6. The molecule has 69 heavy (non-hydrogen) atoms. The first-order valence-electron chi connectivity index (χ1n) is 23.8. The van der Waals surface area contributed by atoms with E-state index >= 15 is 0 Å². The zero-order valence-electron chi connectivity index (χ0n) is 39.7. The van der Waals surface area contributed by atoms with Crippen molar-refractivity contribution in [1.82, 2.24) is 19.9 Å². The van der Waals surface area contributed by atoms with Gasteiger partial charge in [-0.05, 0) is 136 Å². The predicted octanol–water partition coefficient (Wildman–Crippen LogP) is 12.1. The van der Waals surface area contributed by atoms with Crippen molar-refractivity contribution in [1.29, 1.82) is 0 Å². The fourth-order valence-electron chi connectivity index (χ4n) is 8.58. The Balaban J connectivity index is 0.000000187. The molecule has 0 spiro atoms. The molecule has 0 saturated heterocycles. The number of rotatable bonds is 19. The molecule has 0 radical (unpaired) electrons. The van der Waals surface area contributed by atoms with Gasteiger partial charge < -0.3 is 38.8 Å². The average molecular weight is 928 g/mol. The number of nitrogens with one attached hydrogen (secondary N) is 1. The van der Waals surface area contributed by atoms with Gasteiger partial charge >= 0.3 is 5.97 Å². The number of benzene rings is 4. The number of carbonyl (C=O) groups is 1. The van der Waals surface area contributed by atoms with E-state index in [1.165, 1.54) is 37.6 Å². The quantitative estimate of drug-likeness (QED) is 0.0772. The molecule has 0 amide bonds. The van der Waals surface area contributed by atoms with Crippen molar-refractivity contribution in [3.8, 4) is 23.0 Å². The topological polar surface area (TPSA) is 133 Å². The van der Waals surface area contributed by atoms with E-state index in [0.29, 0.717) is 31.0 Å². The number of hydrogen-bond acceptors (Lipinski definition) is 13. The summed E-state index contributed by atoms with van der Waals surface area (Å²) in [7, 11) is 3.35. The second-order valence-electron chi connectivity index (χ2n) is 17.0. The molecular formula is C56H61N7O6. The second-order valence-corrected chi connectivity index (χ2v) is 17.0. The van der Waals surface area contributed by atoms with Crippen LogP contribution >= 0.6 is 0 Å². The molecule has 13 nitrogen and oxygen atoms in total. The molecule has 356 valence electrons. The minimum Gasteiger partial charge on any atom is -0.493 e. The number of methoxy groups -OCH3 is 2. The van der Waals surface area contributed by atoms with Crippen LogP contribution in [0.1, 0.15) is 85.3 Å². The van der Waals surface area contributed by atoms with Crippen LogP contribution < -0.4 is 34.1 Å². The fraction of sp³-hybridized carbons (Fsp3) is 0.304. The summed E-state index contributed by atoms with van der Waals surface area (Å²) in [5.41, 5.74) is 7.66. The van der Waals surface area contributed by atoms with Gasteiger partial charge in [0.15, 0.2) is 23.0 Å². The van der Waals surface area contributed by atoms with Crippen LogP contribution in [0.25, 0.3) is 0 Å². The molecule has 0 bridgehead atoms.